The Hall–Kier alpha value is -3.31. The van der Waals surface area contributed by atoms with E-state index in [1.54, 1.807) is 19.3 Å². The van der Waals surface area contributed by atoms with E-state index >= 15 is 0 Å². The molecule has 31 heavy (non-hydrogen) atoms. The van der Waals surface area contributed by atoms with Crippen LogP contribution in [0.4, 0.5) is 5.69 Å². The first-order valence-electron chi connectivity index (χ1n) is 9.74. The Morgan fingerprint density at radius 3 is 3.00 bits per heavy atom. The fourth-order valence-corrected chi connectivity index (χ4v) is 3.88. The fourth-order valence-electron chi connectivity index (χ4n) is 3.62. The third-order valence-corrected chi connectivity index (χ3v) is 5.47. The molecule has 0 bridgehead atoms. The van der Waals surface area contributed by atoms with Crippen LogP contribution in [0.2, 0.25) is 0 Å². The SMILES string of the molecule is COc1ccc(/C=C2\NC(=S)N(C[C@@H]3CCCO3)C2=O)cc1Cn1cc([N+](=O)[O-])cn1. The highest BCUT2D eigenvalue weighted by Gasteiger charge is 2.33. The molecule has 11 heteroatoms. The van der Waals surface area contributed by atoms with Gasteiger partial charge in [-0.05, 0) is 48.8 Å². The number of methoxy groups -OCH3 is 1. The van der Waals surface area contributed by atoms with Crippen molar-refractivity contribution < 1.29 is 19.2 Å². The molecule has 1 N–H and O–H groups in total. The minimum Gasteiger partial charge on any atom is -0.496 e. The Labute approximate surface area is 183 Å². The maximum Gasteiger partial charge on any atom is 0.307 e. The van der Waals surface area contributed by atoms with Crippen LogP contribution in [0.25, 0.3) is 6.08 Å². The highest BCUT2D eigenvalue weighted by atomic mass is 32.1. The molecule has 1 aromatic carbocycles. The standard InChI is InChI=1S/C20H21N5O5S/c1-29-18-5-4-13(7-14(18)10-23-11-15(9-21-23)25(27)28)8-17-19(26)24(20(31)22-17)12-16-3-2-6-30-16/h4-5,7-9,11,16H,2-3,6,10,12H2,1H3,(H,22,31)/b17-8-/t16-/m0/s1. The molecule has 1 atom stereocenters. The first-order valence-corrected chi connectivity index (χ1v) is 10.2. The van der Waals surface area contributed by atoms with E-state index in [1.165, 1.54) is 22.0 Å². The zero-order valence-corrected chi connectivity index (χ0v) is 17.6. The van der Waals surface area contributed by atoms with Gasteiger partial charge in [-0.25, -0.2) is 0 Å². The highest BCUT2D eigenvalue weighted by molar-refractivity contribution is 7.80. The Morgan fingerprint density at radius 2 is 2.32 bits per heavy atom. The van der Waals surface area contributed by atoms with E-state index < -0.39 is 4.92 Å². The summed E-state index contributed by atoms with van der Waals surface area (Å²) in [4.78, 5) is 24.7. The van der Waals surface area contributed by atoms with Gasteiger partial charge in [0.25, 0.3) is 5.91 Å². The summed E-state index contributed by atoms with van der Waals surface area (Å²) in [5, 5.41) is 18.3. The molecule has 3 heterocycles. The fraction of sp³-hybridized carbons (Fsp3) is 0.350. The summed E-state index contributed by atoms with van der Waals surface area (Å²) in [6.45, 7) is 1.43. The number of hydrogen-bond acceptors (Lipinski definition) is 7. The summed E-state index contributed by atoms with van der Waals surface area (Å²) >= 11 is 5.33. The van der Waals surface area contributed by atoms with Crippen molar-refractivity contribution in [1.29, 1.82) is 0 Å². The largest absolute Gasteiger partial charge is 0.496 e. The molecule has 2 fully saturated rings. The van der Waals surface area contributed by atoms with Gasteiger partial charge in [0.2, 0.25) is 0 Å². The number of nitrogens with zero attached hydrogens (tertiary/aromatic N) is 4. The van der Waals surface area contributed by atoms with Gasteiger partial charge in [0.05, 0.1) is 31.2 Å². The summed E-state index contributed by atoms with van der Waals surface area (Å²) in [5.41, 5.74) is 1.82. The van der Waals surface area contributed by atoms with Crippen LogP contribution in [-0.4, -0.2) is 57.0 Å². The van der Waals surface area contributed by atoms with Gasteiger partial charge in [-0.3, -0.25) is 24.5 Å². The van der Waals surface area contributed by atoms with Crippen LogP contribution in [-0.2, 0) is 16.1 Å². The number of carbonyl (C=O) groups is 1. The van der Waals surface area contributed by atoms with Crippen molar-refractivity contribution >= 4 is 35.0 Å². The maximum atomic E-state index is 12.8. The van der Waals surface area contributed by atoms with Crippen molar-refractivity contribution in [3.8, 4) is 5.75 Å². The van der Waals surface area contributed by atoms with Gasteiger partial charge in [-0.2, -0.15) is 5.10 Å². The third-order valence-electron chi connectivity index (χ3n) is 5.15. The van der Waals surface area contributed by atoms with Crippen molar-refractivity contribution in [2.24, 2.45) is 0 Å². The third kappa shape index (κ3) is 4.57. The summed E-state index contributed by atoms with van der Waals surface area (Å²) in [7, 11) is 1.55. The highest BCUT2D eigenvalue weighted by Crippen LogP contribution is 2.24. The molecule has 0 spiro atoms. The molecule has 1 aromatic heterocycles. The van der Waals surface area contributed by atoms with E-state index in [-0.39, 0.29) is 24.2 Å². The lowest BCUT2D eigenvalue weighted by Crippen LogP contribution is -2.37. The summed E-state index contributed by atoms with van der Waals surface area (Å²) in [6, 6.07) is 5.45. The Morgan fingerprint density at radius 1 is 1.48 bits per heavy atom. The van der Waals surface area contributed by atoms with Gasteiger partial charge in [0.15, 0.2) is 5.11 Å². The van der Waals surface area contributed by atoms with Crippen LogP contribution in [0.1, 0.15) is 24.0 Å². The van der Waals surface area contributed by atoms with E-state index in [2.05, 4.69) is 10.4 Å². The molecule has 0 aliphatic carbocycles. The first kappa shape index (κ1) is 20.9. The van der Waals surface area contributed by atoms with Crippen LogP contribution in [0.3, 0.4) is 0 Å². The van der Waals surface area contributed by atoms with E-state index in [4.69, 9.17) is 21.7 Å². The average molecular weight is 443 g/mol. The number of nitro groups is 1. The second kappa shape index (κ2) is 8.82. The van der Waals surface area contributed by atoms with Crippen molar-refractivity contribution in [1.82, 2.24) is 20.0 Å². The number of hydrogen-bond donors (Lipinski definition) is 1. The molecule has 2 saturated heterocycles. The molecule has 2 aliphatic rings. The van der Waals surface area contributed by atoms with Gasteiger partial charge < -0.3 is 14.8 Å². The molecule has 1 amide bonds. The van der Waals surface area contributed by atoms with Crippen LogP contribution < -0.4 is 10.1 Å². The number of carbonyl (C=O) groups excluding carboxylic acids is 1. The molecule has 4 rings (SSSR count). The number of amides is 1. The van der Waals surface area contributed by atoms with E-state index in [0.29, 0.717) is 29.7 Å². The lowest BCUT2D eigenvalue weighted by atomic mass is 10.1. The van der Waals surface area contributed by atoms with Crippen molar-refractivity contribution in [2.45, 2.75) is 25.5 Å². The van der Waals surface area contributed by atoms with Gasteiger partial charge in [0.1, 0.15) is 23.8 Å². The molecule has 0 saturated carbocycles. The Kier molecular flexibility index (Phi) is 5.96. The number of aromatic nitrogens is 2. The molecule has 10 nitrogen and oxygen atoms in total. The second-order valence-electron chi connectivity index (χ2n) is 7.26. The molecule has 2 aromatic rings. The number of ether oxygens (including phenoxy) is 2. The van der Waals surface area contributed by atoms with Crippen molar-refractivity contribution in [3.05, 3.63) is 57.5 Å². The van der Waals surface area contributed by atoms with Crippen LogP contribution >= 0.6 is 12.2 Å². The molecular weight excluding hydrogens is 422 g/mol. The maximum absolute atomic E-state index is 12.8. The number of rotatable bonds is 7. The normalized spacial score (nSPS) is 19.8. The smallest absolute Gasteiger partial charge is 0.307 e. The summed E-state index contributed by atoms with van der Waals surface area (Å²) in [6.07, 6.45) is 6.19. The van der Waals surface area contributed by atoms with Crippen LogP contribution in [0.5, 0.6) is 5.75 Å². The number of thiocarbonyl (C=S) groups is 1. The minimum atomic E-state index is -0.496. The van der Waals surface area contributed by atoms with Crippen molar-refractivity contribution in [3.63, 3.8) is 0 Å². The summed E-state index contributed by atoms with van der Waals surface area (Å²) < 4.78 is 12.5. The lowest BCUT2D eigenvalue weighted by Gasteiger charge is -2.18. The van der Waals surface area contributed by atoms with E-state index in [9.17, 15) is 14.9 Å². The minimum absolute atomic E-state index is 0.00812. The first-order chi connectivity index (χ1) is 14.9. The van der Waals surface area contributed by atoms with Crippen molar-refractivity contribution in [2.75, 3.05) is 20.3 Å². The lowest BCUT2D eigenvalue weighted by molar-refractivity contribution is -0.385. The monoisotopic (exact) mass is 443 g/mol. The quantitative estimate of drug-likeness (QED) is 0.300. The Balaban J connectivity index is 1.54. The Bertz CT molecular complexity index is 1060. The van der Waals surface area contributed by atoms with Gasteiger partial charge in [-0.15, -0.1) is 0 Å². The topological polar surface area (TPSA) is 112 Å². The summed E-state index contributed by atoms with van der Waals surface area (Å²) in [5.74, 6) is 0.419. The number of benzene rings is 1. The molecular formula is C20H21N5O5S. The molecule has 2 aliphatic heterocycles. The zero-order chi connectivity index (χ0) is 22.0. The van der Waals surface area contributed by atoms with Gasteiger partial charge >= 0.3 is 5.69 Å². The van der Waals surface area contributed by atoms with Crippen LogP contribution in [0.15, 0.2) is 36.3 Å². The van der Waals surface area contributed by atoms with Gasteiger partial charge in [-0.1, -0.05) is 6.07 Å². The predicted molar refractivity (Wildman–Crippen MR) is 115 cm³/mol. The molecule has 162 valence electrons. The van der Waals surface area contributed by atoms with E-state index in [1.807, 2.05) is 12.1 Å². The predicted octanol–water partition coefficient (Wildman–Crippen LogP) is 2.08. The van der Waals surface area contributed by atoms with Crippen LogP contribution in [0, 0.1) is 10.1 Å². The second-order valence-corrected chi connectivity index (χ2v) is 7.65. The molecule has 0 unspecified atom stereocenters. The average Bonchev–Trinajstić information content (AvgIpc) is 3.47. The van der Waals surface area contributed by atoms with E-state index in [0.717, 1.165) is 24.0 Å². The van der Waals surface area contributed by atoms with Gasteiger partial charge in [0, 0.05) is 12.2 Å². The zero-order valence-electron chi connectivity index (χ0n) is 16.8. The number of nitrogens with one attached hydrogen (secondary N) is 1. The molecule has 0 radical (unpaired) electrons.